The summed E-state index contributed by atoms with van der Waals surface area (Å²) in [6.45, 7) is 9.72. The van der Waals surface area contributed by atoms with E-state index >= 15 is 0 Å². The van der Waals surface area contributed by atoms with Gasteiger partial charge in [0.2, 0.25) is 0 Å². The first-order valence-corrected chi connectivity index (χ1v) is 15.1. The minimum absolute atomic E-state index is 0.0811. The molecule has 0 aliphatic carbocycles. The Balaban J connectivity index is 2.33. The van der Waals surface area contributed by atoms with Gasteiger partial charge in [0, 0.05) is 13.6 Å². The zero-order chi connectivity index (χ0) is 20.0. The number of hydrogen-bond donors (Lipinski definition) is 1. The van der Waals surface area contributed by atoms with Crippen molar-refractivity contribution in [1.82, 2.24) is 0 Å². The summed E-state index contributed by atoms with van der Waals surface area (Å²) in [6.07, 6.45) is 18.5. The van der Waals surface area contributed by atoms with E-state index in [1.165, 1.54) is 75.8 Å². The van der Waals surface area contributed by atoms with Crippen molar-refractivity contribution in [3.05, 3.63) is 42.0 Å². The van der Waals surface area contributed by atoms with Crippen molar-refractivity contribution in [1.29, 1.82) is 0 Å². The maximum absolute atomic E-state index is 6.89. The molecule has 1 nitrogen and oxygen atoms in total. The molecule has 1 aromatic rings. The third-order valence-electron chi connectivity index (χ3n) is 5.53. The van der Waals surface area contributed by atoms with Gasteiger partial charge in [-0.25, -0.2) is 0 Å². The second-order valence-electron chi connectivity index (χ2n) is 9.65. The second-order valence-corrected chi connectivity index (χ2v) is 15.3. The number of benzene rings is 1. The van der Waals surface area contributed by atoms with Gasteiger partial charge in [-0.1, -0.05) is 114 Å². The van der Waals surface area contributed by atoms with E-state index < -0.39 is 8.07 Å². The predicted molar refractivity (Wildman–Crippen MR) is 127 cm³/mol. The fourth-order valence-corrected chi connectivity index (χ4v) is 5.07. The lowest BCUT2D eigenvalue weighted by atomic mass is 9.83. The SMILES string of the molecule is CCCCCC(N)(CCCC/C=C/c1ccccc1)CCCC[Si](C)(C)C. The zero-order valence-corrected chi connectivity index (χ0v) is 19.6. The fourth-order valence-electron chi connectivity index (χ4n) is 3.76. The molecule has 27 heavy (non-hydrogen) atoms. The Morgan fingerprint density at radius 2 is 1.44 bits per heavy atom. The molecule has 1 rings (SSSR count). The van der Waals surface area contributed by atoms with E-state index in [0.717, 1.165) is 6.42 Å². The van der Waals surface area contributed by atoms with E-state index in [1.54, 1.807) is 0 Å². The Labute approximate surface area is 170 Å². The lowest BCUT2D eigenvalue weighted by Crippen LogP contribution is -2.39. The summed E-state index contributed by atoms with van der Waals surface area (Å²) < 4.78 is 0. The summed E-state index contributed by atoms with van der Waals surface area (Å²) >= 11 is 0. The molecule has 154 valence electrons. The summed E-state index contributed by atoms with van der Waals surface area (Å²) in [5, 5.41) is 0. The van der Waals surface area contributed by atoms with Gasteiger partial charge < -0.3 is 5.73 Å². The van der Waals surface area contributed by atoms with Crippen LogP contribution in [0.3, 0.4) is 0 Å². The van der Waals surface area contributed by atoms with E-state index in [4.69, 9.17) is 5.73 Å². The third-order valence-corrected chi connectivity index (χ3v) is 7.39. The average Bonchev–Trinajstić information content (AvgIpc) is 2.62. The van der Waals surface area contributed by atoms with E-state index in [1.807, 2.05) is 0 Å². The summed E-state index contributed by atoms with van der Waals surface area (Å²) in [5.41, 5.74) is 8.27. The zero-order valence-electron chi connectivity index (χ0n) is 18.6. The van der Waals surface area contributed by atoms with Crippen molar-refractivity contribution in [2.24, 2.45) is 5.73 Å². The molecule has 0 aromatic heterocycles. The highest BCUT2D eigenvalue weighted by atomic mass is 28.3. The Hall–Kier alpha value is -0.863. The monoisotopic (exact) mass is 387 g/mol. The van der Waals surface area contributed by atoms with Crippen molar-refractivity contribution in [2.45, 2.75) is 109 Å². The van der Waals surface area contributed by atoms with Crippen LogP contribution in [0.15, 0.2) is 36.4 Å². The molecule has 0 aliphatic heterocycles. The number of allylic oxidation sites excluding steroid dienone is 1. The molecule has 1 aromatic carbocycles. The van der Waals surface area contributed by atoms with Crippen molar-refractivity contribution in [2.75, 3.05) is 0 Å². The number of nitrogens with two attached hydrogens (primary N) is 1. The molecule has 2 N–H and O–H groups in total. The van der Waals surface area contributed by atoms with Gasteiger partial charge in [0.1, 0.15) is 0 Å². The highest BCUT2D eigenvalue weighted by Crippen LogP contribution is 2.27. The van der Waals surface area contributed by atoms with Crippen LogP contribution in [0.4, 0.5) is 0 Å². The molecule has 0 saturated heterocycles. The van der Waals surface area contributed by atoms with Gasteiger partial charge in [0.05, 0.1) is 0 Å². The van der Waals surface area contributed by atoms with Crippen LogP contribution in [0.5, 0.6) is 0 Å². The number of hydrogen-bond acceptors (Lipinski definition) is 1. The molecular weight excluding hydrogens is 342 g/mol. The maximum Gasteiger partial charge on any atom is 0.0442 e. The smallest absolute Gasteiger partial charge is 0.0442 e. The molecule has 1 unspecified atom stereocenters. The first-order valence-electron chi connectivity index (χ1n) is 11.4. The molecule has 0 spiro atoms. The van der Waals surface area contributed by atoms with Gasteiger partial charge in [0.25, 0.3) is 0 Å². The van der Waals surface area contributed by atoms with Gasteiger partial charge >= 0.3 is 0 Å². The Morgan fingerprint density at radius 3 is 2.04 bits per heavy atom. The van der Waals surface area contributed by atoms with Gasteiger partial charge in [0.15, 0.2) is 0 Å². The molecule has 0 heterocycles. The van der Waals surface area contributed by atoms with Gasteiger partial charge in [-0.15, -0.1) is 0 Å². The Kier molecular flexibility index (Phi) is 11.9. The molecular formula is C25H45NSi. The summed E-state index contributed by atoms with van der Waals surface area (Å²) in [7, 11) is -0.902. The molecule has 0 amide bonds. The molecule has 0 radical (unpaired) electrons. The standard InChI is InChI=1S/C25H45NSi/c1-5-6-13-20-25(26,22-15-16-23-27(2,3)4)21-14-8-7-10-17-24-18-11-9-12-19-24/h9-12,17-19H,5-8,13-16,20-23,26H2,1-4H3/b17-10+. The first-order chi connectivity index (χ1) is 12.8. The van der Waals surface area contributed by atoms with E-state index in [-0.39, 0.29) is 5.54 Å². The maximum atomic E-state index is 6.89. The van der Waals surface area contributed by atoms with E-state index in [2.05, 4.69) is 69.0 Å². The summed E-state index contributed by atoms with van der Waals surface area (Å²) in [5.74, 6) is 0. The van der Waals surface area contributed by atoms with Gasteiger partial charge in [-0.3, -0.25) is 0 Å². The topological polar surface area (TPSA) is 26.0 Å². The van der Waals surface area contributed by atoms with E-state index in [0.29, 0.717) is 0 Å². The molecule has 0 fully saturated rings. The third kappa shape index (κ3) is 13.0. The molecule has 0 saturated carbocycles. The lowest BCUT2D eigenvalue weighted by molar-refractivity contribution is 0.309. The van der Waals surface area contributed by atoms with Crippen LogP contribution in [0, 0.1) is 0 Å². The average molecular weight is 388 g/mol. The quantitative estimate of drug-likeness (QED) is 0.239. The summed E-state index contributed by atoms with van der Waals surface area (Å²) in [6, 6.07) is 12.0. The van der Waals surface area contributed by atoms with Crippen LogP contribution in [0.25, 0.3) is 6.08 Å². The van der Waals surface area contributed by atoms with Gasteiger partial charge in [-0.05, 0) is 37.7 Å². The molecule has 1 atom stereocenters. The summed E-state index contributed by atoms with van der Waals surface area (Å²) in [4.78, 5) is 0. The normalized spacial score (nSPS) is 14.6. The van der Waals surface area contributed by atoms with Crippen molar-refractivity contribution in [3.8, 4) is 0 Å². The first kappa shape index (κ1) is 24.2. The highest BCUT2D eigenvalue weighted by Gasteiger charge is 2.23. The molecule has 2 heteroatoms. The van der Waals surface area contributed by atoms with Crippen LogP contribution in [0.1, 0.15) is 83.1 Å². The predicted octanol–water partition coefficient (Wildman–Crippen LogP) is 8.05. The number of rotatable bonds is 15. The number of unbranched alkanes of at least 4 members (excludes halogenated alkanes) is 5. The van der Waals surface area contributed by atoms with Crippen LogP contribution in [0.2, 0.25) is 25.7 Å². The minimum atomic E-state index is -0.902. The van der Waals surface area contributed by atoms with Crippen LogP contribution in [-0.2, 0) is 0 Å². The largest absolute Gasteiger partial charge is 0.325 e. The van der Waals surface area contributed by atoms with Crippen molar-refractivity contribution < 1.29 is 0 Å². The van der Waals surface area contributed by atoms with Gasteiger partial charge in [-0.2, -0.15) is 0 Å². The van der Waals surface area contributed by atoms with Crippen LogP contribution in [-0.4, -0.2) is 13.6 Å². The highest BCUT2D eigenvalue weighted by molar-refractivity contribution is 6.76. The van der Waals surface area contributed by atoms with Crippen molar-refractivity contribution >= 4 is 14.1 Å². The molecule has 0 aliphatic rings. The Morgan fingerprint density at radius 1 is 0.852 bits per heavy atom. The molecule has 0 bridgehead atoms. The second kappa shape index (κ2) is 13.3. The van der Waals surface area contributed by atoms with Crippen LogP contribution >= 0.6 is 0 Å². The fraction of sp³-hybridized carbons (Fsp3) is 0.680. The lowest BCUT2D eigenvalue weighted by Gasteiger charge is -2.30. The van der Waals surface area contributed by atoms with Crippen molar-refractivity contribution in [3.63, 3.8) is 0 Å². The van der Waals surface area contributed by atoms with E-state index in [9.17, 15) is 0 Å². The Bertz CT molecular complexity index is 503. The van der Waals surface area contributed by atoms with Crippen LogP contribution < -0.4 is 5.73 Å². The minimum Gasteiger partial charge on any atom is -0.325 e.